The number of amides is 2. The summed E-state index contributed by atoms with van der Waals surface area (Å²) in [6.45, 7) is 1.75. The van der Waals surface area contributed by atoms with Gasteiger partial charge in [0.2, 0.25) is 0 Å². The van der Waals surface area contributed by atoms with E-state index >= 15 is 0 Å². The number of rotatable bonds is 6. The van der Waals surface area contributed by atoms with Crippen molar-refractivity contribution in [2.75, 3.05) is 13.1 Å². The molecule has 2 fully saturated rings. The van der Waals surface area contributed by atoms with Gasteiger partial charge in [0.1, 0.15) is 24.9 Å². The van der Waals surface area contributed by atoms with Gasteiger partial charge in [-0.25, -0.2) is 19.6 Å². The summed E-state index contributed by atoms with van der Waals surface area (Å²) in [6, 6.07) is 31.0. The molecule has 2 aliphatic heterocycles. The van der Waals surface area contributed by atoms with E-state index in [0.717, 1.165) is 94.5 Å². The molecule has 4 aromatic carbocycles. The number of benzene rings is 4. The molecule has 0 radical (unpaired) electrons. The Balaban J connectivity index is 0.953. The van der Waals surface area contributed by atoms with E-state index in [0.29, 0.717) is 13.1 Å². The highest BCUT2D eigenvalue weighted by Crippen LogP contribution is 2.33. The fourth-order valence-corrected chi connectivity index (χ4v) is 7.15. The first-order valence-corrected chi connectivity index (χ1v) is 18.0. The van der Waals surface area contributed by atoms with Gasteiger partial charge in [-0.3, -0.25) is 9.80 Å². The van der Waals surface area contributed by atoms with Crippen molar-refractivity contribution in [3.05, 3.63) is 131 Å². The Morgan fingerprint density at radius 2 is 1.06 bits per heavy atom. The monoisotopic (exact) mass is 692 g/mol. The molecule has 4 heterocycles. The number of nitrogens with one attached hydrogen (secondary N) is 2. The lowest BCUT2D eigenvalue weighted by molar-refractivity contribution is 0.0655. The Bertz CT molecular complexity index is 2100. The zero-order valence-corrected chi connectivity index (χ0v) is 28.9. The van der Waals surface area contributed by atoms with Crippen LogP contribution in [0.15, 0.2) is 97.1 Å². The van der Waals surface area contributed by atoms with Gasteiger partial charge in [-0.15, -0.1) is 0 Å². The lowest BCUT2D eigenvalue weighted by atomic mass is 10.0. The molecule has 0 aliphatic carbocycles. The minimum absolute atomic E-state index is 0.175. The van der Waals surface area contributed by atoms with Crippen LogP contribution in [0.1, 0.15) is 84.5 Å². The fraction of sp³-hybridized carbons (Fsp3) is 0.286. The zero-order chi connectivity index (χ0) is 35.3. The number of carbonyl (C=O) groups is 2. The summed E-state index contributed by atoms with van der Waals surface area (Å²) >= 11 is 0. The molecule has 0 saturated carbocycles. The highest BCUT2D eigenvalue weighted by molar-refractivity contribution is 5.79. The van der Waals surface area contributed by atoms with Crippen molar-refractivity contribution in [2.24, 2.45) is 0 Å². The Kier molecular flexibility index (Phi) is 9.57. The van der Waals surface area contributed by atoms with Crippen LogP contribution in [0.3, 0.4) is 0 Å². The number of carbonyl (C=O) groups excluding carboxylic acids is 2. The van der Waals surface area contributed by atoms with E-state index in [1.165, 1.54) is 0 Å². The third-order valence-corrected chi connectivity index (χ3v) is 9.87. The predicted molar refractivity (Wildman–Crippen MR) is 198 cm³/mol. The van der Waals surface area contributed by atoms with Gasteiger partial charge in [0, 0.05) is 24.2 Å². The second kappa shape index (κ2) is 15.0. The molecular weight excluding hydrogens is 652 g/mol. The Morgan fingerprint density at radius 3 is 1.50 bits per heavy atom. The number of aromatic amines is 2. The maximum absolute atomic E-state index is 13.1. The van der Waals surface area contributed by atoms with Crippen LogP contribution in [-0.4, -0.2) is 55.0 Å². The largest absolute Gasteiger partial charge is 0.445 e. The van der Waals surface area contributed by atoms with Crippen molar-refractivity contribution in [1.29, 1.82) is 0 Å². The van der Waals surface area contributed by atoms with E-state index in [-0.39, 0.29) is 37.5 Å². The van der Waals surface area contributed by atoms with E-state index in [1.807, 2.05) is 97.1 Å². The van der Waals surface area contributed by atoms with Crippen molar-refractivity contribution >= 4 is 34.3 Å². The number of fused-ring (bicyclic) bond motifs is 2. The Labute approximate surface area is 302 Å². The lowest BCUT2D eigenvalue weighted by Gasteiger charge is -2.33. The molecule has 52 heavy (non-hydrogen) atoms. The predicted octanol–water partition coefficient (Wildman–Crippen LogP) is 8.57. The average molecular weight is 693 g/mol. The van der Waals surface area contributed by atoms with Crippen molar-refractivity contribution in [1.82, 2.24) is 29.7 Å². The first kappa shape index (κ1) is 33.1. The lowest BCUT2D eigenvalue weighted by Crippen LogP contribution is -2.39. The SMILES string of the molecule is O=C(OCc1ccccc1)N1CCCC[C@H]1c1nc2ccc(C#Cc3ccc4nc([C@@H]5CCCCN5C(=O)OCc5ccccc5)[nH]c4c3)cc2[nH]1. The van der Waals surface area contributed by atoms with E-state index in [1.54, 1.807) is 9.80 Å². The number of nitrogens with zero attached hydrogens (tertiary/aromatic N) is 4. The summed E-state index contributed by atoms with van der Waals surface area (Å²) in [6.07, 6.45) is 4.91. The van der Waals surface area contributed by atoms with Crippen molar-refractivity contribution in [3.63, 3.8) is 0 Å². The molecule has 2 aliphatic rings. The third-order valence-electron chi connectivity index (χ3n) is 9.87. The van der Waals surface area contributed by atoms with Gasteiger partial charge in [0.25, 0.3) is 0 Å². The van der Waals surface area contributed by atoms with E-state index in [2.05, 4.69) is 21.8 Å². The molecule has 2 amide bonds. The Hall–Kier alpha value is -6.08. The third kappa shape index (κ3) is 7.35. The summed E-state index contributed by atoms with van der Waals surface area (Å²) in [5.74, 6) is 8.12. The van der Waals surface area contributed by atoms with Gasteiger partial charge in [-0.2, -0.15) is 0 Å². The molecule has 262 valence electrons. The second-order valence-electron chi connectivity index (χ2n) is 13.4. The van der Waals surface area contributed by atoms with Crippen LogP contribution in [0.25, 0.3) is 22.1 Å². The van der Waals surface area contributed by atoms with E-state index in [4.69, 9.17) is 19.4 Å². The first-order chi connectivity index (χ1) is 25.6. The highest BCUT2D eigenvalue weighted by atomic mass is 16.6. The Morgan fingerprint density at radius 1 is 0.615 bits per heavy atom. The molecule has 10 heteroatoms. The first-order valence-electron chi connectivity index (χ1n) is 18.0. The quantitative estimate of drug-likeness (QED) is 0.169. The molecule has 2 atom stereocenters. The van der Waals surface area contributed by atoms with Gasteiger partial charge in [-0.05, 0) is 86.1 Å². The van der Waals surface area contributed by atoms with Crippen LogP contribution in [-0.2, 0) is 22.7 Å². The van der Waals surface area contributed by atoms with E-state index < -0.39 is 0 Å². The standard InChI is InChI=1S/C42H40N6O4/c49-41(51-27-31-11-3-1-4-12-31)47-23-9-7-15-37(47)39-43-33-21-19-29(25-35(33)45-39)17-18-30-20-22-34-36(26-30)46-40(44-34)38-16-8-10-24-48(38)42(50)52-28-32-13-5-2-6-14-32/h1-6,11-14,19-22,25-26,37-38H,7-10,15-16,23-24,27-28H2,(H,43,45)(H,44,46)/t37-,38-/m0/s1. The van der Waals surface area contributed by atoms with Gasteiger partial charge >= 0.3 is 12.2 Å². The summed E-state index contributed by atoms with van der Waals surface area (Å²) in [5, 5.41) is 0. The summed E-state index contributed by atoms with van der Waals surface area (Å²) in [4.78, 5) is 46.5. The average Bonchev–Trinajstić information content (AvgIpc) is 3.83. The molecular formula is C42H40N6O4. The molecule has 8 rings (SSSR count). The van der Waals surface area contributed by atoms with Crippen LogP contribution in [0, 0.1) is 11.8 Å². The number of hydrogen-bond donors (Lipinski definition) is 2. The van der Waals surface area contributed by atoms with Crippen molar-refractivity contribution in [3.8, 4) is 11.8 Å². The molecule has 10 nitrogen and oxygen atoms in total. The molecule has 0 bridgehead atoms. The normalized spacial score (nSPS) is 17.5. The summed E-state index contributed by atoms with van der Waals surface area (Å²) < 4.78 is 11.4. The van der Waals surface area contributed by atoms with Crippen molar-refractivity contribution in [2.45, 2.75) is 63.8 Å². The maximum atomic E-state index is 13.1. The molecule has 2 saturated heterocycles. The number of ether oxygens (including phenoxy) is 2. The molecule has 6 aromatic rings. The molecule has 0 unspecified atom stereocenters. The number of aromatic nitrogens is 4. The number of H-pyrrole nitrogens is 2. The van der Waals surface area contributed by atoms with Gasteiger partial charge in [0.05, 0.1) is 34.2 Å². The summed E-state index contributed by atoms with van der Waals surface area (Å²) in [7, 11) is 0. The number of piperidine rings is 2. The van der Waals surface area contributed by atoms with Gasteiger partial charge in [0.15, 0.2) is 0 Å². The van der Waals surface area contributed by atoms with Crippen molar-refractivity contribution < 1.29 is 19.1 Å². The van der Waals surface area contributed by atoms with Crippen LogP contribution < -0.4 is 0 Å². The smallest absolute Gasteiger partial charge is 0.410 e. The van der Waals surface area contributed by atoms with E-state index in [9.17, 15) is 9.59 Å². The fourth-order valence-electron chi connectivity index (χ4n) is 7.15. The van der Waals surface area contributed by atoms with Crippen LogP contribution in [0.2, 0.25) is 0 Å². The van der Waals surface area contributed by atoms with Crippen LogP contribution in [0.5, 0.6) is 0 Å². The topological polar surface area (TPSA) is 116 Å². The zero-order valence-electron chi connectivity index (χ0n) is 28.9. The number of likely N-dealkylation sites (tertiary alicyclic amines) is 2. The second-order valence-corrected chi connectivity index (χ2v) is 13.4. The van der Waals surface area contributed by atoms with Crippen LogP contribution in [0.4, 0.5) is 9.59 Å². The maximum Gasteiger partial charge on any atom is 0.410 e. The molecule has 2 aromatic heterocycles. The minimum atomic E-state index is -0.320. The molecule has 2 N–H and O–H groups in total. The number of hydrogen-bond acceptors (Lipinski definition) is 6. The van der Waals surface area contributed by atoms with Gasteiger partial charge < -0.3 is 19.4 Å². The summed E-state index contributed by atoms with van der Waals surface area (Å²) in [5.41, 5.74) is 7.02. The van der Waals surface area contributed by atoms with Gasteiger partial charge in [-0.1, -0.05) is 72.5 Å². The van der Waals surface area contributed by atoms with Crippen LogP contribution >= 0.6 is 0 Å². The highest BCUT2D eigenvalue weighted by Gasteiger charge is 2.32. The number of imidazole rings is 2. The minimum Gasteiger partial charge on any atom is -0.445 e. The molecule has 0 spiro atoms.